The minimum absolute atomic E-state index is 0.0650. The Hall–Kier alpha value is -4.18. The molecular formula is C22H17N3O4. The van der Waals surface area contributed by atoms with Crippen LogP contribution in [0.1, 0.15) is 16.2 Å². The standard InChI is InChI=1S/C11H8N2O.C11H9NO3/c1-14-9-2-3-10-8(6-9)4-5-13-11(10)7-12;1-15-8-2-3-9-7(6-8)4-5-12-10(9)11(13)14/h2-6H,1H3;2-6H,1H3,(H,13,14). The third kappa shape index (κ3) is 4.22. The zero-order chi connectivity index (χ0) is 20.8. The van der Waals surface area contributed by atoms with Crippen molar-refractivity contribution in [1.82, 2.24) is 9.97 Å². The summed E-state index contributed by atoms with van der Waals surface area (Å²) in [4.78, 5) is 18.7. The first kappa shape index (κ1) is 19.6. The van der Waals surface area contributed by atoms with Gasteiger partial charge in [0.15, 0.2) is 5.69 Å². The molecular weight excluding hydrogens is 370 g/mol. The molecule has 0 bridgehead atoms. The normalized spacial score (nSPS) is 9.97. The Bertz CT molecular complexity index is 1230. The zero-order valence-electron chi connectivity index (χ0n) is 15.8. The van der Waals surface area contributed by atoms with Crippen molar-refractivity contribution >= 4 is 27.5 Å². The van der Waals surface area contributed by atoms with Gasteiger partial charge in [0.05, 0.1) is 14.2 Å². The van der Waals surface area contributed by atoms with Crippen molar-refractivity contribution in [3.8, 4) is 17.6 Å². The maximum atomic E-state index is 10.9. The van der Waals surface area contributed by atoms with E-state index in [1.165, 1.54) is 6.20 Å². The third-order valence-corrected chi connectivity index (χ3v) is 4.25. The summed E-state index contributed by atoms with van der Waals surface area (Å²) in [6.07, 6.45) is 3.10. The number of carboxylic acids is 1. The summed E-state index contributed by atoms with van der Waals surface area (Å²) in [5, 5.41) is 21.0. The summed E-state index contributed by atoms with van der Waals surface area (Å²) in [7, 11) is 3.19. The quantitative estimate of drug-likeness (QED) is 0.565. The molecule has 29 heavy (non-hydrogen) atoms. The molecule has 2 aromatic heterocycles. The number of rotatable bonds is 3. The summed E-state index contributed by atoms with van der Waals surface area (Å²) < 4.78 is 10.1. The van der Waals surface area contributed by atoms with Gasteiger partial charge in [0.25, 0.3) is 0 Å². The highest BCUT2D eigenvalue weighted by atomic mass is 16.5. The average molecular weight is 387 g/mol. The maximum absolute atomic E-state index is 10.9. The second-order valence-electron chi connectivity index (χ2n) is 5.91. The van der Waals surface area contributed by atoms with E-state index in [0.717, 1.165) is 21.9 Å². The Morgan fingerprint density at radius 2 is 1.45 bits per heavy atom. The predicted molar refractivity (Wildman–Crippen MR) is 108 cm³/mol. The topological polar surface area (TPSA) is 105 Å². The van der Waals surface area contributed by atoms with Crippen LogP contribution in [0.2, 0.25) is 0 Å². The van der Waals surface area contributed by atoms with Crippen LogP contribution in [0, 0.1) is 11.3 Å². The molecule has 1 N–H and O–H groups in total. The van der Waals surface area contributed by atoms with Crippen LogP contribution in [-0.2, 0) is 0 Å². The molecule has 0 aliphatic heterocycles. The Balaban J connectivity index is 0.000000166. The molecule has 0 radical (unpaired) electrons. The minimum Gasteiger partial charge on any atom is -0.497 e. The van der Waals surface area contributed by atoms with E-state index in [0.29, 0.717) is 16.8 Å². The van der Waals surface area contributed by atoms with E-state index in [1.54, 1.807) is 44.7 Å². The smallest absolute Gasteiger partial charge is 0.355 e. The maximum Gasteiger partial charge on any atom is 0.355 e. The molecule has 0 saturated heterocycles. The highest BCUT2D eigenvalue weighted by molar-refractivity contribution is 6.01. The lowest BCUT2D eigenvalue weighted by Gasteiger charge is -2.03. The molecule has 2 heterocycles. The van der Waals surface area contributed by atoms with Crippen LogP contribution in [0.4, 0.5) is 0 Å². The summed E-state index contributed by atoms with van der Waals surface area (Å²) in [5.41, 5.74) is 0.514. The lowest BCUT2D eigenvalue weighted by atomic mass is 10.1. The Morgan fingerprint density at radius 3 is 2.00 bits per heavy atom. The fourth-order valence-corrected chi connectivity index (χ4v) is 2.83. The summed E-state index contributed by atoms with van der Waals surface area (Å²) in [5.74, 6) is 0.461. The van der Waals surface area contributed by atoms with Crippen LogP contribution in [0.25, 0.3) is 21.5 Å². The molecule has 2 aromatic carbocycles. The van der Waals surface area contributed by atoms with Gasteiger partial charge in [-0.1, -0.05) is 0 Å². The Labute approximate surface area is 166 Å². The van der Waals surface area contributed by atoms with Crippen LogP contribution in [0.3, 0.4) is 0 Å². The number of pyridine rings is 2. The van der Waals surface area contributed by atoms with Gasteiger partial charge in [-0.15, -0.1) is 0 Å². The van der Waals surface area contributed by atoms with E-state index >= 15 is 0 Å². The largest absolute Gasteiger partial charge is 0.497 e. The lowest BCUT2D eigenvalue weighted by molar-refractivity contribution is 0.0693. The second-order valence-corrected chi connectivity index (χ2v) is 5.91. The van der Waals surface area contributed by atoms with Crippen LogP contribution >= 0.6 is 0 Å². The highest BCUT2D eigenvalue weighted by Crippen LogP contribution is 2.23. The van der Waals surface area contributed by atoms with E-state index in [9.17, 15) is 4.79 Å². The van der Waals surface area contributed by atoms with Crippen LogP contribution in [-0.4, -0.2) is 35.3 Å². The third-order valence-electron chi connectivity index (χ3n) is 4.25. The van der Waals surface area contributed by atoms with E-state index in [4.69, 9.17) is 19.8 Å². The first-order valence-corrected chi connectivity index (χ1v) is 8.56. The van der Waals surface area contributed by atoms with Gasteiger partial charge in [-0.2, -0.15) is 5.26 Å². The average Bonchev–Trinajstić information content (AvgIpc) is 2.77. The molecule has 4 rings (SSSR count). The van der Waals surface area contributed by atoms with Crippen LogP contribution in [0.5, 0.6) is 11.5 Å². The number of fused-ring (bicyclic) bond motifs is 2. The van der Waals surface area contributed by atoms with Gasteiger partial charge in [-0.25, -0.2) is 14.8 Å². The highest BCUT2D eigenvalue weighted by Gasteiger charge is 2.09. The monoisotopic (exact) mass is 387 g/mol. The first-order valence-electron chi connectivity index (χ1n) is 8.56. The molecule has 0 fully saturated rings. The van der Waals surface area contributed by atoms with Crippen molar-refractivity contribution in [3.63, 3.8) is 0 Å². The number of benzene rings is 2. The number of methoxy groups -OCH3 is 2. The number of ether oxygens (including phenoxy) is 2. The van der Waals surface area contributed by atoms with Gasteiger partial charge in [0.2, 0.25) is 0 Å². The number of carboxylic acid groups (broad SMARTS) is 1. The second kappa shape index (κ2) is 8.67. The van der Waals surface area contributed by atoms with Gasteiger partial charge in [0.1, 0.15) is 23.3 Å². The summed E-state index contributed by atoms with van der Waals surface area (Å²) >= 11 is 0. The number of hydrogen-bond acceptors (Lipinski definition) is 6. The fourth-order valence-electron chi connectivity index (χ4n) is 2.83. The van der Waals surface area contributed by atoms with E-state index < -0.39 is 5.97 Å². The molecule has 7 nitrogen and oxygen atoms in total. The molecule has 0 aliphatic carbocycles. The molecule has 0 atom stereocenters. The van der Waals surface area contributed by atoms with Gasteiger partial charge in [-0.3, -0.25) is 0 Å². The lowest BCUT2D eigenvalue weighted by Crippen LogP contribution is -2.00. The number of aromatic carboxylic acids is 1. The SMILES string of the molecule is COc1ccc2c(C#N)nccc2c1.COc1ccc2c(C(=O)O)nccc2c1. The Kier molecular flexibility index (Phi) is 5.85. The first-order chi connectivity index (χ1) is 14.1. The van der Waals surface area contributed by atoms with Gasteiger partial charge in [-0.05, 0) is 59.3 Å². The molecule has 4 aromatic rings. The van der Waals surface area contributed by atoms with Crippen molar-refractivity contribution in [2.45, 2.75) is 0 Å². The van der Waals surface area contributed by atoms with Crippen molar-refractivity contribution in [1.29, 1.82) is 5.26 Å². The van der Waals surface area contributed by atoms with E-state index in [2.05, 4.69) is 16.0 Å². The van der Waals surface area contributed by atoms with Crippen molar-refractivity contribution in [2.75, 3.05) is 14.2 Å². The minimum atomic E-state index is -1.02. The van der Waals surface area contributed by atoms with Gasteiger partial charge >= 0.3 is 5.97 Å². The molecule has 0 amide bonds. The Morgan fingerprint density at radius 1 is 0.897 bits per heavy atom. The molecule has 7 heteroatoms. The summed E-state index contributed by atoms with van der Waals surface area (Å²) in [6, 6.07) is 16.4. The fraction of sp³-hybridized carbons (Fsp3) is 0.0909. The zero-order valence-corrected chi connectivity index (χ0v) is 15.8. The molecule has 0 unspecified atom stereocenters. The van der Waals surface area contributed by atoms with Crippen molar-refractivity contribution < 1.29 is 19.4 Å². The van der Waals surface area contributed by atoms with Gasteiger partial charge in [0, 0.05) is 23.2 Å². The predicted octanol–water partition coefficient (Wildman–Crippen LogP) is 4.06. The van der Waals surface area contributed by atoms with Crippen molar-refractivity contribution in [2.24, 2.45) is 0 Å². The molecule has 0 saturated carbocycles. The molecule has 0 aliphatic rings. The summed E-state index contributed by atoms with van der Waals surface area (Å²) in [6.45, 7) is 0. The number of hydrogen-bond donors (Lipinski definition) is 1. The molecule has 0 spiro atoms. The number of aromatic nitrogens is 2. The van der Waals surface area contributed by atoms with Crippen LogP contribution in [0.15, 0.2) is 60.9 Å². The van der Waals surface area contributed by atoms with Crippen LogP contribution < -0.4 is 9.47 Å². The van der Waals surface area contributed by atoms with Crippen molar-refractivity contribution in [3.05, 3.63) is 72.3 Å². The molecule has 144 valence electrons. The number of carbonyl (C=O) groups is 1. The van der Waals surface area contributed by atoms with E-state index in [1.807, 2.05) is 24.3 Å². The van der Waals surface area contributed by atoms with Gasteiger partial charge < -0.3 is 14.6 Å². The van der Waals surface area contributed by atoms with E-state index in [-0.39, 0.29) is 5.69 Å². The number of nitrogens with zero attached hydrogens (tertiary/aromatic N) is 3. The number of nitriles is 1.